The summed E-state index contributed by atoms with van der Waals surface area (Å²) < 4.78 is 41.2. The van der Waals surface area contributed by atoms with Crippen LogP contribution in [-0.2, 0) is 32.6 Å². The van der Waals surface area contributed by atoms with Gasteiger partial charge in [0.15, 0.2) is 11.5 Å². The summed E-state index contributed by atoms with van der Waals surface area (Å²) in [5, 5.41) is 3.25. The van der Waals surface area contributed by atoms with Crippen molar-refractivity contribution in [2.45, 2.75) is 69.0 Å². The predicted octanol–water partition coefficient (Wildman–Crippen LogP) is 6.05. The van der Waals surface area contributed by atoms with Crippen LogP contribution in [0, 0.1) is 6.92 Å². The Hall–Kier alpha value is -4.83. The molecule has 4 aromatic rings. The second-order valence-corrected chi connectivity index (χ2v) is 14.6. The average Bonchev–Trinajstić information content (AvgIpc) is 3.13. The van der Waals surface area contributed by atoms with Gasteiger partial charge in [0.1, 0.15) is 25.8 Å². The Morgan fingerprint density at radius 3 is 2.14 bits per heavy atom. The van der Waals surface area contributed by atoms with Crippen molar-refractivity contribution in [3.05, 3.63) is 120 Å². The highest BCUT2D eigenvalue weighted by Crippen LogP contribution is 2.36. The van der Waals surface area contributed by atoms with Crippen molar-refractivity contribution in [2.75, 3.05) is 24.1 Å². The Morgan fingerprint density at radius 1 is 0.796 bits per heavy atom. The molecule has 0 aromatic heterocycles. The van der Waals surface area contributed by atoms with Gasteiger partial charge < -0.3 is 19.7 Å². The lowest BCUT2D eigenvalue weighted by Crippen LogP contribution is -2.55. The van der Waals surface area contributed by atoms with Crippen molar-refractivity contribution in [3.63, 3.8) is 0 Å². The van der Waals surface area contributed by atoms with Crippen molar-refractivity contribution in [1.29, 1.82) is 0 Å². The molecule has 2 aliphatic rings. The van der Waals surface area contributed by atoms with E-state index in [2.05, 4.69) is 5.32 Å². The summed E-state index contributed by atoms with van der Waals surface area (Å²) >= 11 is 0. The predicted molar refractivity (Wildman–Crippen MR) is 189 cm³/mol. The highest BCUT2D eigenvalue weighted by Gasteiger charge is 2.36. The van der Waals surface area contributed by atoms with E-state index in [-0.39, 0.29) is 35.5 Å². The van der Waals surface area contributed by atoms with E-state index in [1.54, 1.807) is 41.3 Å². The summed E-state index contributed by atoms with van der Waals surface area (Å²) in [6.07, 6.45) is 5.28. The van der Waals surface area contributed by atoms with Gasteiger partial charge in [-0.3, -0.25) is 13.9 Å². The average molecular weight is 682 g/mol. The monoisotopic (exact) mass is 681 g/mol. The number of hydrogen-bond donors (Lipinski definition) is 1. The third-order valence-corrected chi connectivity index (χ3v) is 10.9. The molecule has 9 nitrogen and oxygen atoms in total. The van der Waals surface area contributed by atoms with E-state index >= 15 is 0 Å². The lowest BCUT2D eigenvalue weighted by Gasteiger charge is -2.35. The Morgan fingerprint density at radius 2 is 1.45 bits per heavy atom. The standard InChI is InChI=1S/C39H43N3O6S/c1-29-17-19-31(20-18-29)27-41(35(25-30-11-5-2-6-12-30)39(44)40-32-13-7-3-8-14-32)38(43)28-42(49(45,46)34-15-9-4-10-16-34)33-21-22-36-37(26-33)48-24-23-47-36/h2,4-6,9-12,15-22,26,32,35H,3,7-8,13-14,23-25,27-28H2,1H3,(H,40,44). The molecule has 1 aliphatic carbocycles. The Bertz CT molecular complexity index is 1830. The molecule has 1 heterocycles. The number of carbonyl (C=O) groups is 2. The zero-order valence-corrected chi connectivity index (χ0v) is 28.6. The molecule has 0 spiro atoms. The molecule has 1 unspecified atom stereocenters. The van der Waals surface area contributed by atoms with Crippen molar-refractivity contribution in [3.8, 4) is 11.5 Å². The van der Waals surface area contributed by atoms with E-state index in [0.717, 1.165) is 53.1 Å². The van der Waals surface area contributed by atoms with E-state index in [1.165, 1.54) is 12.1 Å². The zero-order valence-electron chi connectivity index (χ0n) is 27.8. The fourth-order valence-electron chi connectivity index (χ4n) is 6.42. The van der Waals surface area contributed by atoms with E-state index in [1.807, 2.05) is 61.5 Å². The Balaban J connectivity index is 1.40. The van der Waals surface area contributed by atoms with Crippen molar-refractivity contribution >= 4 is 27.5 Å². The van der Waals surface area contributed by atoms with E-state index in [0.29, 0.717) is 24.7 Å². The number of nitrogens with one attached hydrogen (secondary N) is 1. The van der Waals surface area contributed by atoms with Crippen LogP contribution in [-0.4, -0.2) is 57.0 Å². The molecule has 1 saturated carbocycles. The molecular weight excluding hydrogens is 639 g/mol. The third kappa shape index (κ3) is 8.43. The molecule has 0 saturated heterocycles. The minimum atomic E-state index is -4.23. The normalized spacial score (nSPS) is 15.2. The summed E-state index contributed by atoms with van der Waals surface area (Å²) in [7, 11) is -4.23. The molecule has 4 aromatic carbocycles. The summed E-state index contributed by atoms with van der Waals surface area (Å²) in [5.41, 5.74) is 3.05. The molecule has 2 amide bonds. The number of hydrogen-bond acceptors (Lipinski definition) is 6. The molecule has 49 heavy (non-hydrogen) atoms. The summed E-state index contributed by atoms with van der Waals surface area (Å²) in [6, 6.07) is 29.5. The molecule has 0 radical (unpaired) electrons. The van der Waals surface area contributed by atoms with Crippen LogP contribution < -0.4 is 19.1 Å². The lowest BCUT2D eigenvalue weighted by atomic mass is 9.94. The molecule has 1 atom stereocenters. The maximum atomic E-state index is 14.8. The number of ether oxygens (including phenoxy) is 2. The SMILES string of the molecule is Cc1ccc(CN(C(=O)CN(c2ccc3c(c2)OCCO3)S(=O)(=O)c2ccccc2)C(Cc2ccccc2)C(=O)NC2CCCCC2)cc1. The van der Waals surface area contributed by atoms with Crippen LogP contribution in [0.3, 0.4) is 0 Å². The lowest BCUT2D eigenvalue weighted by molar-refractivity contribution is -0.140. The smallest absolute Gasteiger partial charge is 0.264 e. The topological polar surface area (TPSA) is 105 Å². The summed E-state index contributed by atoms with van der Waals surface area (Å²) in [6.45, 7) is 2.28. The van der Waals surface area contributed by atoms with Gasteiger partial charge in [0.2, 0.25) is 11.8 Å². The maximum absolute atomic E-state index is 14.8. The van der Waals surface area contributed by atoms with Crippen molar-refractivity contribution in [2.24, 2.45) is 0 Å². The number of rotatable bonds is 12. The molecule has 1 fully saturated rings. The highest BCUT2D eigenvalue weighted by atomic mass is 32.2. The molecular formula is C39H43N3O6S. The first kappa shape index (κ1) is 34.0. The molecule has 1 aliphatic heterocycles. The number of benzene rings is 4. The third-order valence-electron chi connectivity index (χ3n) is 9.12. The fraction of sp³-hybridized carbons (Fsp3) is 0.333. The fourth-order valence-corrected chi connectivity index (χ4v) is 7.85. The Kier molecular flexibility index (Phi) is 10.8. The maximum Gasteiger partial charge on any atom is 0.264 e. The van der Waals surface area contributed by atoms with Crippen molar-refractivity contribution < 1.29 is 27.5 Å². The second kappa shape index (κ2) is 15.6. The van der Waals surface area contributed by atoms with Crippen LogP contribution in [0.4, 0.5) is 5.69 Å². The van der Waals surface area contributed by atoms with E-state index < -0.39 is 28.5 Å². The number of aryl methyl sites for hydroxylation is 1. The Labute approximate surface area is 288 Å². The van der Waals surface area contributed by atoms with Crippen LogP contribution in [0.25, 0.3) is 0 Å². The van der Waals surface area contributed by atoms with E-state index in [9.17, 15) is 18.0 Å². The number of amides is 2. The minimum absolute atomic E-state index is 0.0310. The highest BCUT2D eigenvalue weighted by molar-refractivity contribution is 7.92. The van der Waals surface area contributed by atoms with Gasteiger partial charge in [0, 0.05) is 25.1 Å². The molecule has 10 heteroatoms. The minimum Gasteiger partial charge on any atom is -0.486 e. The number of anilines is 1. The number of sulfonamides is 1. The molecule has 0 bridgehead atoms. The first-order chi connectivity index (χ1) is 23.8. The quantitative estimate of drug-likeness (QED) is 0.195. The zero-order chi connectivity index (χ0) is 34.2. The molecule has 1 N–H and O–H groups in total. The summed E-state index contributed by atoms with van der Waals surface area (Å²) in [5.74, 6) is 0.152. The van der Waals surface area contributed by atoms with Crippen LogP contribution >= 0.6 is 0 Å². The van der Waals surface area contributed by atoms with Gasteiger partial charge in [-0.15, -0.1) is 0 Å². The van der Waals surface area contributed by atoms with Gasteiger partial charge in [-0.1, -0.05) is 97.6 Å². The van der Waals surface area contributed by atoms with Crippen molar-refractivity contribution in [1.82, 2.24) is 10.2 Å². The largest absolute Gasteiger partial charge is 0.486 e. The van der Waals surface area contributed by atoms with E-state index in [4.69, 9.17) is 9.47 Å². The number of nitrogens with zero attached hydrogens (tertiary/aromatic N) is 2. The van der Waals surface area contributed by atoms with Gasteiger partial charge in [-0.2, -0.15) is 0 Å². The van der Waals surface area contributed by atoms with Crippen LogP contribution in [0.2, 0.25) is 0 Å². The van der Waals surface area contributed by atoms with Crippen LogP contribution in [0.5, 0.6) is 11.5 Å². The molecule has 256 valence electrons. The van der Waals surface area contributed by atoms with Gasteiger partial charge in [-0.05, 0) is 55.2 Å². The first-order valence-corrected chi connectivity index (χ1v) is 18.4. The first-order valence-electron chi connectivity index (χ1n) is 16.9. The van der Waals surface area contributed by atoms with Crippen LogP contribution in [0.1, 0.15) is 48.8 Å². The second-order valence-electron chi connectivity index (χ2n) is 12.7. The van der Waals surface area contributed by atoms with Gasteiger partial charge in [-0.25, -0.2) is 8.42 Å². The van der Waals surface area contributed by atoms with Crippen LogP contribution in [0.15, 0.2) is 108 Å². The number of fused-ring (bicyclic) bond motifs is 1. The molecule has 6 rings (SSSR count). The van der Waals surface area contributed by atoms with Gasteiger partial charge >= 0.3 is 0 Å². The number of carbonyl (C=O) groups excluding carboxylic acids is 2. The van der Waals surface area contributed by atoms with Gasteiger partial charge in [0.25, 0.3) is 10.0 Å². The summed E-state index contributed by atoms with van der Waals surface area (Å²) in [4.78, 5) is 30.6. The van der Waals surface area contributed by atoms with Gasteiger partial charge in [0.05, 0.1) is 10.6 Å².